The van der Waals surface area contributed by atoms with Crippen molar-refractivity contribution in [3.05, 3.63) is 96.6 Å². The lowest BCUT2D eigenvalue weighted by molar-refractivity contribution is -0.597. The number of alkyl halides is 3. The monoisotopic (exact) mass is 590 g/mol. The first kappa shape index (κ1) is 27.3. The first-order valence-electron chi connectivity index (χ1n) is 10.5. The van der Waals surface area contributed by atoms with Crippen molar-refractivity contribution in [3.8, 4) is 0 Å². The number of halogens is 4. The highest BCUT2D eigenvalue weighted by atomic mass is 127. The summed E-state index contributed by atoms with van der Waals surface area (Å²) >= 11 is -0.0164. The molecule has 3 nitrogen and oxygen atoms in total. The largest absolute Gasteiger partial charge is 0.744 e. The Morgan fingerprint density at radius 2 is 1.12 bits per heavy atom. The highest BCUT2D eigenvalue weighted by Crippen LogP contribution is 2.29. The fourth-order valence-electron chi connectivity index (χ4n) is 2.94. The van der Waals surface area contributed by atoms with Crippen LogP contribution < -0.4 is 21.2 Å². The summed E-state index contributed by atoms with van der Waals surface area (Å²) in [4.78, 5) is -0.675. The Balaban J connectivity index is 0.000000245. The van der Waals surface area contributed by atoms with Gasteiger partial charge < -0.3 is 4.55 Å². The van der Waals surface area contributed by atoms with Crippen LogP contribution in [0.1, 0.15) is 43.4 Å². The van der Waals surface area contributed by atoms with E-state index in [0.29, 0.717) is 24.3 Å². The van der Waals surface area contributed by atoms with Crippen molar-refractivity contribution in [2.24, 2.45) is 0 Å². The van der Waals surface area contributed by atoms with Gasteiger partial charge in [0.15, 0.2) is 7.14 Å². The molecule has 0 unspecified atom stereocenters. The van der Waals surface area contributed by atoms with E-state index in [2.05, 4.69) is 62.4 Å². The van der Waals surface area contributed by atoms with Crippen LogP contribution in [-0.4, -0.2) is 13.0 Å². The van der Waals surface area contributed by atoms with Crippen LogP contribution in [0.4, 0.5) is 13.2 Å². The second-order valence-electron chi connectivity index (χ2n) is 7.32. The molecule has 3 aromatic rings. The smallest absolute Gasteiger partial charge is 0.416 e. The van der Waals surface area contributed by atoms with Crippen LogP contribution in [-0.2, 0) is 29.1 Å². The third-order valence-corrected chi connectivity index (χ3v) is 8.13. The minimum atomic E-state index is -4.68. The minimum absolute atomic E-state index is 0.0164. The van der Waals surface area contributed by atoms with Crippen LogP contribution in [0, 0.1) is 7.14 Å². The molecule has 0 atom stereocenters. The second-order valence-corrected chi connectivity index (χ2v) is 11.7. The van der Waals surface area contributed by atoms with Gasteiger partial charge in [-0.2, -0.15) is 13.2 Å². The lowest BCUT2D eigenvalue weighted by atomic mass is 10.1. The Bertz CT molecular complexity index is 1050. The van der Waals surface area contributed by atoms with Crippen LogP contribution in [0.5, 0.6) is 0 Å². The van der Waals surface area contributed by atoms with Crippen LogP contribution >= 0.6 is 0 Å². The minimum Gasteiger partial charge on any atom is -0.744 e. The van der Waals surface area contributed by atoms with Gasteiger partial charge in [-0.3, -0.25) is 0 Å². The topological polar surface area (TPSA) is 57.2 Å². The third-order valence-electron chi connectivity index (χ3n) is 4.59. The van der Waals surface area contributed by atoms with Crippen molar-refractivity contribution in [1.29, 1.82) is 0 Å². The lowest BCUT2D eigenvalue weighted by Gasteiger charge is -2.09. The SMILES string of the molecule is CCCc1ccc([I+]c2ccc(CCC)cc2)cc1.O=S(=O)([O-])c1ccc(C(F)(F)F)cc1. The van der Waals surface area contributed by atoms with Crippen LogP contribution in [0.15, 0.2) is 77.7 Å². The van der Waals surface area contributed by atoms with Gasteiger partial charge in [0, 0.05) is 0 Å². The van der Waals surface area contributed by atoms with Gasteiger partial charge in [0.2, 0.25) is 0 Å². The van der Waals surface area contributed by atoms with E-state index in [0.717, 1.165) is 0 Å². The molecule has 0 spiro atoms. The molecular weight excluding hydrogens is 564 g/mol. The summed E-state index contributed by atoms with van der Waals surface area (Å²) in [6, 6.07) is 20.8. The van der Waals surface area contributed by atoms with Crippen molar-refractivity contribution in [2.45, 2.75) is 50.6 Å². The van der Waals surface area contributed by atoms with Gasteiger partial charge in [0.05, 0.1) is 10.5 Å². The first-order valence-corrected chi connectivity index (χ1v) is 14.1. The molecule has 33 heavy (non-hydrogen) atoms. The summed E-state index contributed by atoms with van der Waals surface area (Å²) in [6.07, 6.45) is 0.320. The van der Waals surface area contributed by atoms with E-state index in [-0.39, 0.29) is 21.2 Å². The molecule has 0 saturated carbocycles. The standard InChI is InChI=1S/C18H22I.C7H5F3O3S/c1-3-5-15-7-11-17(12-8-15)19-18-13-9-16(6-4-2)10-14-18;8-7(9,10)5-1-3-6(4-2-5)14(11,12)13/h7-14H,3-6H2,1-2H3;1-4H,(H,11,12,13)/q+1;/p-1. The Hall–Kier alpha value is -1.91. The van der Waals surface area contributed by atoms with Crippen LogP contribution in [0.3, 0.4) is 0 Å². The van der Waals surface area contributed by atoms with Gasteiger partial charge in [0.25, 0.3) is 0 Å². The molecule has 0 N–H and O–H groups in total. The van der Waals surface area contributed by atoms with Gasteiger partial charge in [0.1, 0.15) is 10.1 Å². The Morgan fingerprint density at radius 1 is 0.727 bits per heavy atom. The Labute approximate surface area is 204 Å². The van der Waals surface area contributed by atoms with Crippen molar-refractivity contribution in [3.63, 3.8) is 0 Å². The summed E-state index contributed by atoms with van der Waals surface area (Å²) in [5.74, 6) is 0. The van der Waals surface area contributed by atoms with E-state index < -0.39 is 26.8 Å². The summed E-state index contributed by atoms with van der Waals surface area (Å²) in [5, 5.41) is 0. The molecule has 0 fully saturated rings. The van der Waals surface area contributed by atoms with Crippen LogP contribution in [0.2, 0.25) is 0 Å². The van der Waals surface area contributed by atoms with Gasteiger partial charge >= 0.3 is 27.4 Å². The molecule has 0 aliphatic carbocycles. The average Bonchev–Trinajstić information content (AvgIpc) is 2.76. The van der Waals surface area contributed by atoms with Crippen molar-refractivity contribution >= 4 is 10.1 Å². The summed E-state index contributed by atoms with van der Waals surface area (Å²) in [5.41, 5.74) is 1.94. The van der Waals surface area contributed by atoms with E-state index >= 15 is 0 Å². The zero-order chi connectivity index (χ0) is 24.5. The van der Waals surface area contributed by atoms with Crippen molar-refractivity contribution < 1.29 is 47.3 Å². The predicted octanol–water partition coefficient (Wildman–Crippen LogP) is 3.33. The van der Waals surface area contributed by atoms with Crippen molar-refractivity contribution in [1.82, 2.24) is 0 Å². The highest BCUT2D eigenvalue weighted by Gasteiger charge is 2.30. The average molecular weight is 590 g/mol. The number of hydrogen-bond acceptors (Lipinski definition) is 3. The fourth-order valence-corrected chi connectivity index (χ4v) is 5.57. The molecule has 0 aromatic heterocycles. The molecule has 3 rings (SSSR count). The molecule has 0 aliphatic rings. The van der Waals surface area contributed by atoms with Crippen molar-refractivity contribution in [2.75, 3.05) is 0 Å². The van der Waals surface area contributed by atoms with E-state index in [1.807, 2.05) is 0 Å². The Morgan fingerprint density at radius 3 is 1.42 bits per heavy atom. The molecule has 178 valence electrons. The fraction of sp³-hybridized carbons (Fsp3) is 0.280. The molecule has 0 aliphatic heterocycles. The van der Waals surface area contributed by atoms with E-state index in [1.165, 1.54) is 44.0 Å². The highest BCUT2D eigenvalue weighted by molar-refractivity contribution is 7.85. The summed E-state index contributed by atoms with van der Waals surface area (Å²) < 4.78 is 70.1. The molecule has 0 radical (unpaired) electrons. The van der Waals surface area contributed by atoms with Gasteiger partial charge in [-0.25, -0.2) is 8.42 Å². The third kappa shape index (κ3) is 9.46. The number of aryl methyl sites for hydroxylation is 2. The lowest BCUT2D eigenvalue weighted by Crippen LogP contribution is -3.61. The zero-order valence-electron chi connectivity index (χ0n) is 18.4. The van der Waals surface area contributed by atoms with E-state index in [9.17, 15) is 26.1 Å². The van der Waals surface area contributed by atoms with Crippen LogP contribution in [0.25, 0.3) is 0 Å². The molecule has 0 bridgehead atoms. The summed E-state index contributed by atoms with van der Waals surface area (Å²) in [6.45, 7) is 4.47. The maximum atomic E-state index is 12.0. The molecule has 0 amide bonds. The molecule has 0 heterocycles. The van der Waals surface area contributed by atoms with E-state index in [1.54, 1.807) is 0 Å². The molecule has 0 saturated heterocycles. The molecular formula is C25H26F3IO3S. The number of rotatable bonds is 7. The number of benzene rings is 3. The first-order chi connectivity index (χ1) is 15.5. The summed E-state index contributed by atoms with van der Waals surface area (Å²) in [7, 11) is -4.68. The normalized spacial score (nSPS) is 11.6. The number of hydrogen-bond donors (Lipinski definition) is 0. The van der Waals surface area contributed by atoms with E-state index in [4.69, 9.17) is 0 Å². The van der Waals surface area contributed by atoms with Gasteiger partial charge in [-0.1, -0.05) is 51.0 Å². The molecule has 3 aromatic carbocycles. The quantitative estimate of drug-likeness (QED) is 0.314. The van der Waals surface area contributed by atoms with Gasteiger partial charge in [-0.05, 0) is 72.5 Å². The maximum Gasteiger partial charge on any atom is 0.416 e. The Kier molecular flexibility index (Phi) is 10.4. The second kappa shape index (κ2) is 12.5. The predicted molar refractivity (Wildman–Crippen MR) is 118 cm³/mol. The maximum absolute atomic E-state index is 12.0. The molecule has 8 heteroatoms. The zero-order valence-corrected chi connectivity index (χ0v) is 21.4. The van der Waals surface area contributed by atoms with Gasteiger partial charge in [-0.15, -0.1) is 0 Å².